The van der Waals surface area contributed by atoms with Gasteiger partial charge in [-0.15, -0.1) is 11.3 Å². The summed E-state index contributed by atoms with van der Waals surface area (Å²) in [6.45, 7) is 9.37. The number of piperazine rings is 1. The SMILES string of the molecule is CC[C@@H](C)C(=O)N1CCN(S(=O)(=O)c2cc(C)sc2C)CC1. The zero-order valence-corrected chi connectivity index (χ0v) is 15.3. The summed E-state index contributed by atoms with van der Waals surface area (Å²) in [7, 11) is -3.44. The Labute approximate surface area is 137 Å². The monoisotopic (exact) mass is 344 g/mol. The van der Waals surface area contributed by atoms with Gasteiger partial charge in [0, 0.05) is 41.9 Å². The highest BCUT2D eigenvalue weighted by atomic mass is 32.2. The number of carbonyl (C=O) groups excluding carboxylic acids is 1. The van der Waals surface area contributed by atoms with Crippen LogP contribution in [0.4, 0.5) is 0 Å². The van der Waals surface area contributed by atoms with Crippen molar-refractivity contribution in [3.63, 3.8) is 0 Å². The van der Waals surface area contributed by atoms with Gasteiger partial charge in [-0.1, -0.05) is 13.8 Å². The summed E-state index contributed by atoms with van der Waals surface area (Å²) in [6, 6.07) is 1.74. The summed E-state index contributed by atoms with van der Waals surface area (Å²) in [5, 5.41) is 0. The third-order valence-corrected chi connectivity index (χ3v) is 7.32. The topological polar surface area (TPSA) is 57.7 Å². The van der Waals surface area contributed by atoms with E-state index in [1.54, 1.807) is 11.0 Å². The number of amides is 1. The lowest BCUT2D eigenvalue weighted by molar-refractivity contribution is -0.136. The first-order chi connectivity index (χ1) is 10.3. The molecule has 1 atom stereocenters. The van der Waals surface area contributed by atoms with E-state index in [-0.39, 0.29) is 11.8 Å². The van der Waals surface area contributed by atoms with Gasteiger partial charge in [0.15, 0.2) is 0 Å². The van der Waals surface area contributed by atoms with E-state index >= 15 is 0 Å². The van der Waals surface area contributed by atoms with Gasteiger partial charge >= 0.3 is 0 Å². The summed E-state index contributed by atoms with van der Waals surface area (Å²) in [4.78, 5) is 16.2. The van der Waals surface area contributed by atoms with Crippen LogP contribution in [0, 0.1) is 19.8 Å². The lowest BCUT2D eigenvalue weighted by Crippen LogP contribution is -2.51. The molecule has 1 aromatic rings. The minimum absolute atomic E-state index is 0.00456. The van der Waals surface area contributed by atoms with Crippen molar-refractivity contribution in [2.45, 2.75) is 39.0 Å². The van der Waals surface area contributed by atoms with Gasteiger partial charge in [0.1, 0.15) is 0 Å². The second-order valence-corrected chi connectivity index (χ2v) is 9.18. The van der Waals surface area contributed by atoms with E-state index in [1.807, 2.05) is 27.7 Å². The van der Waals surface area contributed by atoms with Crippen LogP contribution in [-0.4, -0.2) is 49.7 Å². The molecule has 0 aromatic carbocycles. The molecule has 1 aliphatic rings. The van der Waals surface area contributed by atoms with Gasteiger partial charge in [0.25, 0.3) is 0 Å². The Morgan fingerprint density at radius 2 is 1.86 bits per heavy atom. The fourth-order valence-corrected chi connectivity index (χ4v) is 5.58. The van der Waals surface area contributed by atoms with Gasteiger partial charge in [-0.3, -0.25) is 4.79 Å². The highest BCUT2D eigenvalue weighted by molar-refractivity contribution is 7.89. The van der Waals surface area contributed by atoms with Crippen molar-refractivity contribution in [3.8, 4) is 0 Å². The number of nitrogens with zero attached hydrogens (tertiary/aromatic N) is 2. The average Bonchev–Trinajstić information content (AvgIpc) is 2.85. The van der Waals surface area contributed by atoms with E-state index in [2.05, 4.69) is 0 Å². The largest absolute Gasteiger partial charge is 0.340 e. The Morgan fingerprint density at radius 1 is 1.27 bits per heavy atom. The van der Waals surface area contributed by atoms with Crippen LogP contribution in [0.15, 0.2) is 11.0 Å². The molecule has 2 heterocycles. The van der Waals surface area contributed by atoms with Crippen LogP contribution in [0.2, 0.25) is 0 Å². The predicted octanol–water partition coefficient (Wildman–Crippen LogP) is 2.24. The highest BCUT2D eigenvalue weighted by Crippen LogP contribution is 2.28. The van der Waals surface area contributed by atoms with Crippen LogP contribution < -0.4 is 0 Å². The first-order valence-electron chi connectivity index (χ1n) is 7.63. The summed E-state index contributed by atoms with van der Waals surface area (Å²) >= 11 is 1.50. The van der Waals surface area contributed by atoms with E-state index in [9.17, 15) is 13.2 Å². The summed E-state index contributed by atoms with van der Waals surface area (Å²) in [5.74, 6) is 0.132. The molecule has 0 radical (unpaired) electrons. The molecule has 2 rings (SSSR count). The molecule has 0 aliphatic carbocycles. The summed E-state index contributed by atoms with van der Waals surface area (Å²) in [6.07, 6.45) is 0.810. The van der Waals surface area contributed by atoms with Crippen LogP contribution in [0.1, 0.15) is 30.0 Å². The molecule has 0 saturated carbocycles. The fraction of sp³-hybridized carbons (Fsp3) is 0.667. The van der Waals surface area contributed by atoms with Gasteiger partial charge in [0.2, 0.25) is 15.9 Å². The number of hydrogen-bond acceptors (Lipinski definition) is 4. The van der Waals surface area contributed by atoms with E-state index in [4.69, 9.17) is 0 Å². The second-order valence-electron chi connectivity index (χ2n) is 5.82. The third-order valence-electron chi connectivity index (χ3n) is 4.20. The van der Waals surface area contributed by atoms with Crippen LogP contribution in [0.25, 0.3) is 0 Å². The molecule has 5 nitrogen and oxygen atoms in total. The average molecular weight is 345 g/mol. The lowest BCUT2D eigenvalue weighted by Gasteiger charge is -2.35. The fourth-order valence-electron chi connectivity index (χ4n) is 2.64. The predicted molar refractivity (Wildman–Crippen MR) is 88.6 cm³/mol. The molecule has 0 N–H and O–H groups in total. The number of sulfonamides is 1. The minimum Gasteiger partial charge on any atom is -0.340 e. The number of carbonyl (C=O) groups is 1. The van der Waals surface area contributed by atoms with Crippen LogP contribution in [0.5, 0.6) is 0 Å². The lowest BCUT2D eigenvalue weighted by atomic mass is 10.1. The van der Waals surface area contributed by atoms with Crippen LogP contribution >= 0.6 is 11.3 Å². The Bertz CT molecular complexity index is 644. The van der Waals surface area contributed by atoms with Crippen molar-refractivity contribution in [2.24, 2.45) is 5.92 Å². The standard InChI is InChI=1S/C15H24N2O3S2/c1-5-11(2)15(18)16-6-8-17(9-7-16)22(19,20)14-10-12(3)21-13(14)4/h10-11H,5-9H2,1-4H3/t11-/m1/s1. The third kappa shape index (κ3) is 3.36. The van der Waals surface area contributed by atoms with Gasteiger partial charge in [-0.25, -0.2) is 8.42 Å². The minimum atomic E-state index is -3.44. The van der Waals surface area contributed by atoms with Crippen molar-refractivity contribution < 1.29 is 13.2 Å². The molecule has 7 heteroatoms. The molecule has 1 aliphatic heterocycles. The maximum Gasteiger partial charge on any atom is 0.244 e. The van der Waals surface area contributed by atoms with Gasteiger partial charge in [-0.05, 0) is 26.3 Å². The molecule has 1 saturated heterocycles. The highest BCUT2D eigenvalue weighted by Gasteiger charge is 2.32. The van der Waals surface area contributed by atoms with Gasteiger partial charge in [0.05, 0.1) is 4.90 Å². The maximum absolute atomic E-state index is 12.7. The second kappa shape index (κ2) is 6.68. The van der Waals surface area contributed by atoms with Crippen molar-refractivity contribution in [1.29, 1.82) is 0 Å². The molecule has 0 unspecified atom stereocenters. The molecule has 124 valence electrons. The molecule has 0 bridgehead atoms. The number of rotatable bonds is 4. The number of aryl methyl sites for hydroxylation is 2. The molecular formula is C15H24N2O3S2. The smallest absolute Gasteiger partial charge is 0.244 e. The number of thiophene rings is 1. The number of hydrogen-bond donors (Lipinski definition) is 0. The maximum atomic E-state index is 12.7. The van der Waals surface area contributed by atoms with Crippen molar-refractivity contribution in [3.05, 3.63) is 15.8 Å². The first kappa shape index (κ1) is 17.4. The van der Waals surface area contributed by atoms with Crippen molar-refractivity contribution in [2.75, 3.05) is 26.2 Å². The molecule has 22 heavy (non-hydrogen) atoms. The van der Waals surface area contributed by atoms with Gasteiger partial charge < -0.3 is 4.90 Å². The van der Waals surface area contributed by atoms with E-state index in [1.165, 1.54) is 15.6 Å². The quantitative estimate of drug-likeness (QED) is 0.842. The summed E-state index contributed by atoms with van der Waals surface area (Å²) in [5.41, 5.74) is 0. The normalized spacial score (nSPS) is 18.5. The molecule has 1 fully saturated rings. The molecular weight excluding hydrogens is 320 g/mol. The summed E-state index contributed by atoms with van der Waals surface area (Å²) < 4.78 is 26.9. The Hall–Kier alpha value is -0.920. The zero-order chi connectivity index (χ0) is 16.5. The van der Waals surface area contributed by atoms with Crippen molar-refractivity contribution >= 4 is 27.3 Å². The molecule has 1 amide bonds. The molecule has 1 aromatic heterocycles. The van der Waals surface area contributed by atoms with Crippen LogP contribution in [0.3, 0.4) is 0 Å². The van der Waals surface area contributed by atoms with Gasteiger partial charge in [-0.2, -0.15) is 4.31 Å². The Balaban J connectivity index is 2.08. The Morgan fingerprint density at radius 3 is 2.32 bits per heavy atom. The van der Waals surface area contributed by atoms with E-state index in [0.717, 1.165) is 16.2 Å². The van der Waals surface area contributed by atoms with E-state index < -0.39 is 10.0 Å². The first-order valence-corrected chi connectivity index (χ1v) is 9.89. The van der Waals surface area contributed by atoms with Crippen molar-refractivity contribution in [1.82, 2.24) is 9.21 Å². The van der Waals surface area contributed by atoms with Crippen LogP contribution in [-0.2, 0) is 14.8 Å². The Kier molecular flexibility index (Phi) is 5.29. The molecule has 0 spiro atoms. The van der Waals surface area contributed by atoms with E-state index in [0.29, 0.717) is 31.1 Å². The zero-order valence-electron chi connectivity index (χ0n) is 13.6.